The molecule has 0 bridgehead atoms. The maximum atomic E-state index is 11.5. The molecule has 0 fully saturated rings. The summed E-state index contributed by atoms with van der Waals surface area (Å²) in [6.07, 6.45) is 2.10. The molecule has 5 nitrogen and oxygen atoms in total. The van der Waals surface area contributed by atoms with E-state index in [1.165, 1.54) is 0 Å². The Kier molecular flexibility index (Phi) is 3.14. The number of anilines is 1. The van der Waals surface area contributed by atoms with Crippen LogP contribution in [-0.4, -0.2) is 26.7 Å². The summed E-state index contributed by atoms with van der Waals surface area (Å²) in [5.74, 6) is -0.0699. The van der Waals surface area contributed by atoms with Gasteiger partial charge in [0, 0.05) is 19.2 Å². The number of nitrogens with zero attached hydrogens (tertiary/aromatic N) is 3. The van der Waals surface area contributed by atoms with E-state index in [2.05, 4.69) is 4.98 Å². The van der Waals surface area contributed by atoms with Crippen LogP contribution in [0.25, 0.3) is 0 Å². The number of aromatic nitrogens is 2. The maximum absolute atomic E-state index is 11.5. The first-order valence-corrected chi connectivity index (χ1v) is 6.69. The highest BCUT2D eigenvalue weighted by atomic mass is 35.5. The van der Waals surface area contributed by atoms with E-state index in [0.29, 0.717) is 18.1 Å². The summed E-state index contributed by atoms with van der Waals surface area (Å²) in [5.41, 5.74) is 2.01. The minimum atomic E-state index is -0.818. The molecule has 1 aliphatic rings. The second kappa shape index (κ2) is 4.83. The van der Waals surface area contributed by atoms with Crippen LogP contribution in [-0.2, 0) is 24.8 Å². The van der Waals surface area contributed by atoms with Gasteiger partial charge in [0.2, 0.25) is 0 Å². The fourth-order valence-electron chi connectivity index (χ4n) is 2.59. The van der Waals surface area contributed by atoms with Gasteiger partial charge in [-0.2, -0.15) is 0 Å². The summed E-state index contributed by atoms with van der Waals surface area (Å²) in [5, 5.41) is 9.95. The Hall–Kier alpha value is -2.01. The zero-order valence-corrected chi connectivity index (χ0v) is 11.7. The van der Waals surface area contributed by atoms with Gasteiger partial charge in [0.1, 0.15) is 17.0 Å². The average Bonchev–Trinajstić information content (AvgIpc) is 2.95. The molecule has 1 aromatic carbocycles. The Labute approximate surface area is 121 Å². The molecule has 6 heteroatoms. The lowest BCUT2D eigenvalue weighted by atomic mass is 10.1. The lowest BCUT2D eigenvalue weighted by molar-refractivity contribution is -0.138. The average molecular weight is 292 g/mol. The van der Waals surface area contributed by atoms with Crippen LogP contribution in [0.5, 0.6) is 0 Å². The molecule has 1 aromatic heterocycles. The third kappa shape index (κ3) is 2.04. The Morgan fingerprint density at radius 2 is 2.25 bits per heavy atom. The summed E-state index contributed by atoms with van der Waals surface area (Å²) >= 11 is 5.98. The van der Waals surface area contributed by atoms with Crippen LogP contribution in [0.2, 0.25) is 5.15 Å². The van der Waals surface area contributed by atoms with Crippen LogP contribution < -0.4 is 4.90 Å². The van der Waals surface area contributed by atoms with E-state index < -0.39 is 12.0 Å². The third-order valence-electron chi connectivity index (χ3n) is 3.72. The van der Waals surface area contributed by atoms with Crippen LogP contribution in [0.4, 0.5) is 5.69 Å². The van der Waals surface area contributed by atoms with Crippen LogP contribution in [0, 0.1) is 0 Å². The van der Waals surface area contributed by atoms with Gasteiger partial charge in [-0.15, -0.1) is 0 Å². The predicted octanol–water partition coefficient (Wildman–Crippen LogP) is 2.09. The van der Waals surface area contributed by atoms with Crippen molar-refractivity contribution in [3.8, 4) is 0 Å². The number of carboxylic acids is 1. The Bertz CT molecular complexity index is 668. The largest absolute Gasteiger partial charge is 0.480 e. The number of benzene rings is 1. The zero-order chi connectivity index (χ0) is 14.3. The first kappa shape index (κ1) is 13.0. The fourth-order valence-corrected chi connectivity index (χ4v) is 2.74. The topological polar surface area (TPSA) is 58.4 Å². The number of hydrogen-bond acceptors (Lipinski definition) is 3. The minimum absolute atomic E-state index is 0.428. The predicted molar refractivity (Wildman–Crippen MR) is 76.0 cm³/mol. The normalized spacial score (nSPS) is 17.3. The molecule has 0 saturated carbocycles. The Morgan fingerprint density at radius 3 is 2.90 bits per heavy atom. The van der Waals surface area contributed by atoms with Crippen LogP contribution in [0.3, 0.4) is 0 Å². The summed E-state index contributed by atoms with van der Waals surface area (Å²) in [6, 6.07) is 7.21. The molecule has 20 heavy (non-hydrogen) atoms. The zero-order valence-electron chi connectivity index (χ0n) is 11.0. The maximum Gasteiger partial charge on any atom is 0.326 e. The summed E-state index contributed by atoms with van der Waals surface area (Å²) in [4.78, 5) is 17.6. The van der Waals surface area contributed by atoms with Gasteiger partial charge in [-0.25, -0.2) is 9.78 Å². The second-order valence-electron chi connectivity index (χ2n) is 4.87. The number of para-hydroxylation sites is 1. The number of carboxylic acid groups (broad SMARTS) is 1. The number of carbonyl (C=O) groups is 1. The van der Waals surface area contributed by atoms with E-state index >= 15 is 0 Å². The number of fused-ring (bicyclic) bond motifs is 1. The molecule has 1 aliphatic heterocycles. The number of halogens is 1. The van der Waals surface area contributed by atoms with E-state index in [9.17, 15) is 9.90 Å². The molecule has 104 valence electrons. The van der Waals surface area contributed by atoms with Crippen molar-refractivity contribution in [2.45, 2.75) is 19.0 Å². The molecule has 1 unspecified atom stereocenters. The van der Waals surface area contributed by atoms with Crippen LogP contribution >= 0.6 is 11.6 Å². The van der Waals surface area contributed by atoms with Crippen molar-refractivity contribution in [2.24, 2.45) is 7.05 Å². The smallest absolute Gasteiger partial charge is 0.326 e. The van der Waals surface area contributed by atoms with Gasteiger partial charge in [0.25, 0.3) is 0 Å². The van der Waals surface area contributed by atoms with Crippen molar-refractivity contribution in [1.29, 1.82) is 0 Å². The van der Waals surface area contributed by atoms with Gasteiger partial charge < -0.3 is 14.6 Å². The first-order valence-electron chi connectivity index (χ1n) is 6.31. The highest BCUT2D eigenvalue weighted by molar-refractivity contribution is 6.29. The molecule has 1 N–H and O–H groups in total. The van der Waals surface area contributed by atoms with Crippen molar-refractivity contribution >= 4 is 23.3 Å². The Balaban J connectivity index is 1.96. The van der Waals surface area contributed by atoms with Gasteiger partial charge in [0.15, 0.2) is 0 Å². The van der Waals surface area contributed by atoms with Gasteiger partial charge in [-0.3, -0.25) is 0 Å². The quantitative estimate of drug-likeness (QED) is 0.941. The van der Waals surface area contributed by atoms with E-state index in [1.807, 2.05) is 36.2 Å². The third-order valence-corrected chi connectivity index (χ3v) is 4.07. The summed E-state index contributed by atoms with van der Waals surface area (Å²) < 4.78 is 1.77. The highest BCUT2D eigenvalue weighted by Crippen LogP contribution is 2.33. The van der Waals surface area contributed by atoms with Gasteiger partial charge in [-0.05, 0) is 11.6 Å². The first-order chi connectivity index (χ1) is 9.58. The molecular formula is C14H14ClN3O2. The molecule has 2 aromatic rings. The number of aliphatic carboxylic acids is 1. The van der Waals surface area contributed by atoms with Crippen molar-refractivity contribution in [3.05, 3.63) is 47.0 Å². The number of rotatable bonds is 3. The van der Waals surface area contributed by atoms with Crippen molar-refractivity contribution < 1.29 is 9.90 Å². The molecule has 2 heterocycles. The number of hydrogen-bond donors (Lipinski definition) is 1. The molecule has 3 rings (SSSR count). The SMILES string of the molecule is Cn1c(Cl)cnc1CN1c2ccccc2CC1C(=O)O. The van der Waals surface area contributed by atoms with E-state index in [1.54, 1.807) is 10.8 Å². The van der Waals surface area contributed by atoms with E-state index in [4.69, 9.17) is 11.6 Å². The lowest BCUT2D eigenvalue weighted by Crippen LogP contribution is -2.38. The van der Waals surface area contributed by atoms with Gasteiger partial charge in [-0.1, -0.05) is 29.8 Å². The van der Waals surface area contributed by atoms with Crippen molar-refractivity contribution in [2.75, 3.05) is 4.90 Å². The minimum Gasteiger partial charge on any atom is -0.480 e. The summed E-state index contributed by atoms with van der Waals surface area (Å²) in [7, 11) is 1.82. The number of imidazole rings is 1. The van der Waals surface area contributed by atoms with Crippen LogP contribution in [0.15, 0.2) is 30.5 Å². The standard InChI is InChI=1S/C14H14ClN3O2/c1-17-12(15)7-16-13(17)8-18-10-5-3-2-4-9(10)6-11(18)14(19)20/h2-5,7,11H,6,8H2,1H3,(H,19,20). The monoisotopic (exact) mass is 291 g/mol. The molecule has 0 saturated heterocycles. The summed E-state index contributed by atoms with van der Waals surface area (Å²) in [6.45, 7) is 0.428. The van der Waals surface area contributed by atoms with Crippen LogP contribution in [0.1, 0.15) is 11.4 Å². The molecule has 0 radical (unpaired) electrons. The van der Waals surface area contributed by atoms with Crippen molar-refractivity contribution in [1.82, 2.24) is 9.55 Å². The van der Waals surface area contributed by atoms with E-state index in [0.717, 1.165) is 17.1 Å². The molecular weight excluding hydrogens is 278 g/mol. The van der Waals surface area contributed by atoms with E-state index in [-0.39, 0.29) is 0 Å². The van der Waals surface area contributed by atoms with Gasteiger partial charge >= 0.3 is 5.97 Å². The van der Waals surface area contributed by atoms with Gasteiger partial charge in [0.05, 0.1) is 12.7 Å². The molecule has 1 atom stereocenters. The lowest BCUT2D eigenvalue weighted by Gasteiger charge is -2.24. The molecule has 0 aliphatic carbocycles. The molecule has 0 amide bonds. The fraction of sp³-hybridized carbons (Fsp3) is 0.286. The molecule has 0 spiro atoms. The highest BCUT2D eigenvalue weighted by Gasteiger charge is 2.34. The second-order valence-corrected chi connectivity index (χ2v) is 5.26. The van der Waals surface area contributed by atoms with Crippen molar-refractivity contribution in [3.63, 3.8) is 0 Å². The Morgan fingerprint density at radius 1 is 1.50 bits per heavy atom.